The number of nitrogens with one attached hydrogen (secondary N) is 2. The molecule has 0 bridgehead atoms. The van der Waals surface area contributed by atoms with Crippen molar-refractivity contribution in [3.8, 4) is 0 Å². The molecule has 0 saturated carbocycles. The summed E-state index contributed by atoms with van der Waals surface area (Å²) in [7, 11) is 0. The average Bonchev–Trinajstić information content (AvgIpc) is 2.43. The zero-order chi connectivity index (χ0) is 14.4. The Labute approximate surface area is 127 Å². The van der Waals surface area contributed by atoms with Gasteiger partial charge in [-0.05, 0) is 30.3 Å². The van der Waals surface area contributed by atoms with E-state index in [1.807, 2.05) is 18.2 Å². The topological polar surface area (TPSA) is 54.0 Å². The van der Waals surface area contributed by atoms with Crippen molar-refractivity contribution in [2.24, 2.45) is 0 Å². The molecule has 1 aromatic heterocycles. The number of rotatable bonds is 5. The summed E-state index contributed by atoms with van der Waals surface area (Å²) in [6.07, 6.45) is 1.69. The fourth-order valence-electron chi connectivity index (χ4n) is 1.59. The van der Waals surface area contributed by atoms with E-state index in [-0.39, 0.29) is 12.5 Å². The molecule has 0 saturated heterocycles. The number of nitrogens with zero attached hydrogens (tertiary/aromatic N) is 1. The van der Waals surface area contributed by atoms with Crippen molar-refractivity contribution in [1.29, 1.82) is 0 Å². The molecule has 104 valence electrons. The molecular weight excluding hydrogens is 297 g/mol. The minimum atomic E-state index is -0.133. The Kier molecular flexibility index (Phi) is 5.21. The highest BCUT2D eigenvalue weighted by atomic mass is 35.5. The number of anilines is 1. The Balaban J connectivity index is 1.80. The summed E-state index contributed by atoms with van der Waals surface area (Å²) in [6.45, 7) is 0.543. The van der Waals surface area contributed by atoms with Crippen LogP contribution in [0, 0.1) is 0 Å². The summed E-state index contributed by atoms with van der Waals surface area (Å²) < 4.78 is 0. The third-order valence-corrected chi connectivity index (χ3v) is 2.94. The van der Waals surface area contributed by atoms with Crippen LogP contribution in [-0.2, 0) is 11.3 Å². The molecule has 0 aliphatic heterocycles. The van der Waals surface area contributed by atoms with Crippen LogP contribution in [0.1, 0.15) is 5.69 Å². The van der Waals surface area contributed by atoms with Gasteiger partial charge < -0.3 is 10.6 Å². The molecule has 2 N–H and O–H groups in total. The Morgan fingerprint density at radius 1 is 1.15 bits per heavy atom. The molecule has 0 atom stereocenters. The normalized spacial score (nSPS) is 10.1. The molecule has 0 unspecified atom stereocenters. The van der Waals surface area contributed by atoms with Crippen molar-refractivity contribution in [3.05, 3.63) is 58.3 Å². The van der Waals surface area contributed by atoms with E-state index in [2.05, 4.69) is 15.6 Å². The van der Waals surface area contributed by atoms with Crippen LogP contribution >= 0.6 is 23.2 Å². The van der Waals surface area contributed by atoms with Gasteiger partial charge in [-0.3, -0.25) is 9.78 Å². The summed E-state index contributed by atoms with van der Waals surface area (Å²) in [6, 6.07) is 10.6. The number of hydrogen-bond donors (Lipinski definition) is 2. The fraction of sp³-hybridized carbons (Fsp3) is 0.143. The first-order chi connectivity index (χ1) is 9.63. The number of benzene rings is 1. The second-order valence-electron chi connectivity index (χ2n) is 4.11. The van der Waals surface area contributed by atoms with Crippen LogP contribution in [0.4, 0.5) is 5.69 Å². The van der Waals surface area contributed by atoms with Crippen LogP contribution in [0.5, 0.6) is 0 Å². The minimum absolute atomic E-state index is 0.133. The Morgan fingerprint density at radius 3 is 2.55 bits per heavy atom. The van der Waals surface area contributed by atoms with Crippen LogP contribution in [0.2, 0.25) is 10.0 Å². The maximum absolute atomic E-state index is 11.7. The monoisotopic (exact) mass is 309 g/mol. The van der Waals surface area contributed by atoms with Crippen LogP contribution in [0.15, 0.2) is 42.6 Å². The summed E-state index contributed by atoms with van der Waals surface area (Å²) in [4.78, 5) is 15.8. The van der Waals surface area contributed by atoms with Gasteiger partial charge in [-0.1, -0.05) is 29.3 Å². The molecule has 4 nitrogen and oxygen atoms in total. The van der Waals surface area contributed by atoms with E-state index in [4.69, 9.17) is 23.2 Å². The first-order valence-electron chi connectivity index (χ1n) is 6.00. The van der Waals surface area contributed by atoms with Gasteiger partial charge in [0.2, 0.25) is 5.91 Å². The predicted octanol–water partition coefficient (Wildman–Crippen LogP) is 3.12. The third-order valence-electron chi connectivity index (χ3n) is 2.51. The zero-order valence-corrected chi connectivity index (χ0v) is 12.1. The summed E-state index contributed by atoms with van der Waals surface area (Å²) >= 11 is 11.7. The molecule has 2 aromatic rings. The van der Waals surface area contributed by atoms with E-state index < -0.39 is 0 Å². The number of aromatic nitrogens is 1. The van der Waals surface area contributed by atoms with Gasteiger partial charge in [0, 0.05) is 21.9 Å². The fourth-order valence-corrected chi connectivity index (χ4v) is 2.12. The van der Waals surface area contributed by atoms with Gasteiger partial charge in [0.1, 0.15) is 0 Å². The predicted molar refractivity (Wildman–Crippen MR) is 81.0 cm³/mol. The smallest absolute Gasteiger partial charge is 0.239 e. The third kappa shape index (κ3) is 4.72. The van der Waals surface area contributed by atoms with Crippen LogP contribution < -0.4 is 10.6 Å². The van der Waals surface area contributed by atoms with E-state index in [1.54, 1.807) is 24.4 Å². The van der Waals surface area contributed by atoms with Gasteiger partial charge in [0.05, 0.1) is 18.8 Å². The van der Waals surface area contributed by atoms with E-state index in [9.17, 15) is 4.79 Å². The van der Waals surface area contributed by atoms with E-state index in [0.29, 0.717) is 22.3 Å². The minimum Gasteiger partial charge on any atom is -0.376 e. The van der Waals surface area contributed by atoms with Gasteiger partial charge >= 0.3 is 0 Å². The number of amides is 1. The van der Waals surface area contributed by atoms with Crippen molar-refractivity contribution in [2.75, 3.05) is 11.9 Å². The van der Waals surface area contributed by atoms with Crippen molar-refractivity contribution < 1.29 is 4.79 Å². The highest BCUT2D eigenvalue weighted by Gasteiger charge is 2.03. The highest BCUT2D eigenvalue weighted by Crippen LogP contribution is 2.22. The molecule has 1 aromatic carbocycles. The molecule has 0 spiro atoms. The quantitative estimate of drug-likeness (QED) is 0.892. The van der Waals surface area contributed by atoms with Gasteiger partial charge in [0.25, 0.3) is 0 Å². The molecule has 6 heteroatoms. The van der Waals surface area contributed by atoms with E-state index in [0.717, 1.165) is 5.69 Å². The van der Waals surface area contributed by atoms with Crippen molar-refractivity contribution in [1.82, 2.24) is 10.3 Å². The molecule has 20 heavy (non-hydrogen) atoms. The van der Waals surface area contributed by atoms with Gasteiger partial charge in [0.15, 0.2) is 0 Å². The zero-order valence-electron chi connectivity index (χ0n) is 10.6. The molecule has 0 aliphatic rings. The van der Waals surface area contributed by atoms with E-state index in [1.165, 1.54) is 0 Å². The maximum Gasteiger partial charge on any atom is 0.239 e. The van der Waals surface area contributed by atoms with Crippen LogP contribution in [0.25, 0.3) is 0 Å². The number of halogens is 2. The Bertz CT molecular complexity index is 570. The summed E-state index contributed by atoms with van der Waals surface area (Å²) in [5, 5.41) is 6.77. The lowest BCUT2D eigenvalue weighted by atomic mass is 10.3. The Hall–Kier alpha value is -1.78. The second kappa shape index (κ2) is 7.12. The van der Waals surface area contributed by atoms with Gasteiger partial charge in [-0.2, -0.15) is 0 Å². The summed E-state index contributed by atoms with van der Waals surface area (Å²) in [5.41, 5.74) is 1.52. The van der Waals surface area contributed by atoms with Crippen molar-refractivity contribution in [3.63, 3.8) is 0 Å². The lowest BCUT2D eigenvalue weighted by Crippen LogP contribution is -2.29. The Morgan fingerprint density at radius 2 is 1.90 bits per heavy atom. The van der Waals surface area contributed by atoms with Gasteiger partial charge in [-0.25, -0.2) is 0 Å². The number of carbonyl (C=O) groups excluding carboxylic acids is 1. The molecule has 0 aliphatic carbocycles. The number of pyridine rings is 1. The molecule has 2 rings (SSSR count). The van der Waals surface area contributed by atoms with Crippen LogP contribution in [-0.4, -0.2) is 17.4 Å². The van der Waals surface area contributed by atoms with Crippen LogP contribution in [0.3, 0.4) is 0 Å². The molecule has 0 fully saturated rings. The molecule has 1 heterocycles. The summed E-state index contributed by atoms with van der Waals surface area (Å²) in [5.74, 6) is -0.133. The van der Waals surface area contributed by atoms with Crippen molar-refractivity contribution in [2.45, 2.75) is 6.54 Å². The SMILES string of the molecule is O=C(CNc1cc(Cl)cc(Cl)c1)NCc1ccccn1. The molecule has 0 radical (unpaired) electrons. The largest absolute Gasteiger partial charge is 0.376 e. The highest BCUT2D eigenvalue weighted by molar-refractivity contribution is 6.35. The number of hydrogen-bond acceptors (Lipinski definition) is 3. The number of carbonyl (C=O) groups is 1. The molecular formula is C14H13Cl2N3O. The van der Waals surface area contributed by atoms with Crippen molar-refractivity contribution >= 4 is 34.8 Å². The lowest BCUT2D eigenvalue weighted by molar-refractivity contribution is -0.119. The lowest BCUT2D eigenvalue weighted by Gasteiger charge is -2.08. The second-order valence-corrected chi connectivity index (χ2v) is 4.98. The first kappa shape index (κ1) is 14.6. The average molecular weight is 310 g/mol. The molecule has 1 amide bonds. The van der Waals surface area contributed by atoms with E-state index >= 15 is 0 Å². The van der Waals surface area contributed by atoms with Gasteiger partial charge in [-0.15, -0.1) is 0 Å². The first-order valence-corrected chi connectivity index (χ1v) is 6.75. The maximum atomic E-state index is 11.7. The standard InChI is InChI=1S/C14H13Cl2N3O/c15-10-5-11(16)7-13(6-10)18-9-14(20)19-8-12-3-1-2-4-17-12/h1-7,18H,8-9H2,(H,19,20).